The highest BCUT2D eigenvalue weighted by molar-refractivity contribution is 5.89. The maximum absolute atomic E-state index is 13.0. The number of para-hydroxylation sites is 1. The fraction of sp³-hybridized carbons (Fsp3) is 0.455. The van der Waals surface area contributed by atoms with E-state index in [9.17, 15) is 9.59 Å². The zero-order valence-corrected chi connectivity index (χ0v) is 15.9. The number of likely N-dealkylation sites (tertiary alicyclic amines) is 1. The molecule has 4 atom stereocenters. The van der Waals surface area contributed by atoms with Gasteiger partial charge in [-0.15, -0.1) is 0 Å². The van der Waals surface area contributed by atoms with Gasteiger partial charge in [0, 0.05) is 30.2 Å². The van der Waals surface area contributed by atoms with Gasteiger partial charge in [0.2, 0.25) is 5.91 Å². The molecule has 2 heterocycles. The van der Waals surface area contributed by atoms with E-state index in [1.807, 2.05) is 42.3 Å². The molecule has 5 nitrogen and oxygen atoms in total. The number of hydrogen-bond acceptors (Lipinski definition) is 3. The monoisotopic (exact) mass is 366 g/mol. The predicted molar refractivity (Wildman–Crippen MR) is 104 cm³/mol. The van der Waals surface area contributed by atoms with Crippen molar-refractivity contribution in [2.45, 2.75) is 20.3 Å². The number of benzene rings is 1. The fourth-order valence-electron chi connectivity index (χ4n) is 4.65. The molecule has 1 aromatic heterocycles. The van der Waals surface area contributed by atoms with E-state index in [4.69, 9.17) is 4.74 Å². The van der Waals surface area contributed by atoms with Gasteiger partial charge < -0.3 is 14.6 Å². The van der Waals surface area contributed by atoms with Crippen molar-refractivity contribution in [3.05, 3.63) is 48.2 Å². The summed E-state index contributed by atoms with van der Waals surface area (Å²) >= 11 is 0. The van der Waals surface area contributed by atoms with Gasteiger partial charge in [0.15, 0.2) is 0 Å². The van der Waals surface area contributed by atoms with Crippen LogP contribution in [0.25, 0.3) is 10.9 Å². The highest BCUT2D eigenvalue weighted by Crippen LogP contribution is 2.40. The molecule has 1 saturated heterocycles. The molecule has 1 aromatic carbocycles. The lowest BCUT2D eigenvalue weighted by atomic mass is 9.72. The SMILES string of the molecule is CCOC(=O)[C@@H]1[C@H]2CN(C(=O)Cc3c[nH]c4ccccc34)C[C@@H]2C=C[C@@H]1C. The van der Waals surface area contributed by atoms with Crippen molar-refractivity contribution in [1.82, 2.24) is 9.88 Å². The Morgan fingerprint density at radius 1 is 1.22 bits per heavy atom. The molecule has 0 spiro atoms. The topological polar surface area (TPSA) is 62.4 Å². The van der Waals surface area contributed by atoms with E-state index >= 15 is 0 Å². The number of esters is 1. The number of ether oxygens (including phenoxy) is 1. The first-order valence-corrected chi connectivity index (χ1v) is 9.76. The Hall–Kier alpha value is -2.56. The first-order valence-electron chi connectivity index (χ1n) is 9.76. The summed E-state index contributed by atoms with van der Waals surface area (Å²) in [5.41, 5.74) is 2.07. The van der Waals surface area contributed by atoms with Crippen LogP contribution in [0.2, 0.25) is 0 Å². The van der Waals surface area contributed by atoms with Gasteiger partial charge in [0.25, 0.3) is 0 Å². The lowest BCUT2D eigenvalue weighted by molar-refractivity contribution is -0.152. The Balaban J connectivity index is 1.49. The summed E-state index contributed by atoms with van der Waals surface area (Å²) in [6.07, 6.45) is 6.60. The first-order chi connectivity index (χ1) is 13.1. The highest BCUT2D eigenvalue weighted by Gasteiger charge is 2.45. The second-order valence-electron chi connectivity index (χ2n) is 7.68. The van der Waals surface area contributed by atoms with Crippen molar-refractivity contribution in [2.24, 2.45) is 23.7 Å². The van der Waals surface area contributed by atoms with Gasteiger partial charge in [-0.05, 0) is 36.3 Å². The minimum absolute atomic E-state index is 0.123. The zero-order chi connectivity index (χ0) is 19.0. The third-order valence-corrected chi connectivity index (χ3v) is 6.03. The fourth-order valence-corrected chi connectivity index (χ4v) is 4.65. The van der Waals surface area contributed by atoms with Crippen LogP contribution in [0.15, 0.2) is 42.6 Å². The molecular formula is C22H26N2O3. The second-order valence-corrected chi connectivity index (χ2v) is 7.68. The van der Waals surface area contributed by atoms with E-state index in [0.29, 0.717) is 26.1 Å². The smallest absolute Gasteiger partial charge is 0.309 e. The number of fused-ring (bicyclic) bond motifs is 2. The van der Waals surface area contributed by atoms with Crippen molar-refractivity contribution < 1.29 is 14.3 Å². The standard InChI is InChI=1S/C22H26N2O3/c1-3-27-22(26)21-14(2)8-9-15-12-24(13-18(15)21)20(25)10-16-11-23-19-7-5-4-6-17(16)19/h4-9,11,14-15,18,21,23H,3,10,12-13H2,1-2H3/t14-,15-,18-,21-/m0/s1. The molecule has 0 unspecified atom stereocenters. The molecular weight excluding hydrogens is 340 g/mol. The minimum atomic E-state index is -0.161. The number of carbonyl (C=O) groups excluding carboxylic acids is 2. The van der Waals surface area contributed by atoms with E-state index in [1.54, 1.807) is 0 Å². The summed E-state index contributed by atoms with van der Waals surface area (Å²) in [4.78, 5) is 30.6. The van der Waals surface area contributed by atoms with Crippen LogP contribution in [0.3, 0.4) is 0 Å². The maximum atomic E-state index is 13.0. The normalized spacial score (nSPS) is 27.0. The largest absolute Gasteiger partial charge is 0.466 e. The van der Waals surface area contributed by atoms with E-state index in [0.717, 1.165) is 16.5 Å². The minimum Gasteiger partial charge on any atom is -0.466 e. The van der Waals surface area contributed by atoms with Gasteiger partial charge in [-0.3, -0.25) is 9.59 Å². The van der Waals surface area contributed by atoms with Crippen LogP contribution < -0.4 is 0 Å². The molecule has 0 saturated carbocycles. The molecule has 4 rings (SSSR count). The molecule has 1 N–H and O–H groups in total. The summed E-state index contributed by atoms with van der Waals surface area (Å²) < 4.78 is 5.31. The van der Waals surface area contributed by atoms with Crippen LogP contribution in [0.1, 0.15) is 19.4 Å². The molecule has 5 heteroatoms. The summed E-state index contributed by atoms with van der Waals surface area (Å²) in [7, 11) is 0. The predicted octanol–water partition coefficient (Wildman–Crippen LogP) is 3.17. The maximum Gasteiger partial charge on any atom is 0.309 e. The number of H-pyrrole nitrogens is 1. The molecule has 27 heavy (non-hydrogen) atoms. The molecule has 1 amide bonds. The summed E-state index contributed by atoms with van der Waals surface area (Å²) in [6, 6.07) is 8.03. The van der Waals surface area contributed by atoms with Crippen molar-refractivity contribution >= 4 is 22.8 Å². The lowest BCUT2D eigenvalue weighted by Gasteiger charge is -2.31. The molecule has 1 fully saturated rings. The molecule has 2 aromatic rings. The van der Waals surface area contributed by atoms with Gasteiger partial charge in [-0.1, -0.05) is 37.3 Å². The number of rotatable bonds is 4. The van der Waals surface area contributed by atoms with Crippen molar-refractivity contribution in [3.63, 3.8) is 0 Å². The Kier molecular flexibility index (Phi) is 4.77. The zero-order valence-electron chi connectivity index (χ0n) is 15.9. The van der Waals surface area contributed by atoms with Crippen molar-refractivity contribution in [1.29, 1.82) is 0 Å². The Labute approximate surface area is 159 Å². The summed E-state index contributed by atoms with van der Waals surface area (Å²) in [6.45, 7) is 5.61. The number of aromatic nitrogens is 1. The number of nitrogens with zero attached hydrogens (tertiary/aromatic N) is 1. The molecule has 1 aliphatic carbocycles. The van der Waals surface area contributed by atoms with Gasteiger partial charge >= 0.3 is 5.97 Å². The number of carbonyl (C=O) groups is 2. The number of amides is 1. The number of nitrogens with one attached hydrogen (secondary N) is 1. The Morgan fingerprint density at radius 3 is 2.85 bits per heavy atom. The number of hydrogen-bond donors (Lipinski definition) is 1. The van der Waals surface area contributed by atoms with E-state index in [1.165, 1.54) is 0 Å². The van der Waals surface area contributed by atoms with Gasteiger partial charge in [-0.25, -0.2) is 0 Å². The highest BCUT2D eigenvalue weighted by atomic mass is 16.5. The molecule has 1 aliphatic heterocycles. The summed E-state index contributed by atoms with van der Waals surface area (Å²) in [5.74, 6) is 0.367. The van der Waals surface area contributed by atoms with Crippen molar-refractivity contribution in [3.8, 4) is 0 Å². The second kappa shape index (κ2) is 7.22. The van der Waals surface area contributed by atoms with Crippen LogP contribution in [0, 0.1) is 23.7 Å². The first kappa shape index (κ1) is 17.8. The van der Waals surface area contributed by atoms with Crippen molar-refractivity contribution in [2.75, 3.05) is 19.7 Å². The van der Waals surface area contributed by atoms with E-state index < -0.39 is 0 Å². The van der Waals surface area contributed by atoms with E-state index in [-0.39, 0.29) is 35.5 Å². The van der Waals surface area contributed by atoms with E-state index in [2.05, 4.69) is 24.1 Å². The summed E-state index contributed by atoms with van der Waals surface area (Å²) in [5, 5.41) is 1.10. The number of aromatic amines is 1. The quantitative estimate of drug-likeness (QED) is 0.668. The molecule has 142 valence electrons. The van der Waals surface area contributed by atoms with Crippen LogP contribution in [0.5, 0.6) is 0 Å². The Bertz CT molecular complexity index is 885. The average molecular weight is 366 g/mol. The van der Waals surface area contributed by atoms with Gasteiger partial charge in [-0.2, -0.15) is 0 Å². The van der Waals surface area contributed by atoms with Gasteiger partial charge in [0.1, 0.15) is 0 Å². The molecule has 2 aliphatic rings. The van der Waals surface area contributed by atoms with Gasteiger partial charge in [0.05, 0.1) is 18.9 Å². The van der Waals surface area contributed by atoms with Crippen LogP contribution >= 0.6 is 0 Å². The molecule has 0 bridgehead atoms. The lowest BCUT2D eigenvalue weighted by Crippen LogP contribution is -2.37. The Morgan fingerprint density at radius 2 is 2.04 bits per heavy atom. The number of allylic oxidation sites excluding steroid dienone is 1. The van der Waals surface area contributed by atoms with Crippen LogP contribution in [0.4, 0.5) is 0 Å². The van der Waals surface area contributed by atoms with Crippen LogP contribution in [-0.2, 0) is 20.7 Å². The third-order valence-electron chi connectivity index (χ3n) is 6.03. The third kappa shape index (κ3) is 3.27. The average Bonchev–Trinajstić information content (AvgIpc) is 3.26. The molecule has 0 radical (unpaired) electrons. The van der Waals surface area contributed by atoms with Crippen LogP contribution in [-0.4, -0.2) is 41.5 Å².